The zero-order chi connectivity index (χ0) is 21.1. The molecule has 150 valence electrons. The summed E-state index contributed by atoms with van der Waals surface area (Å²) in [5, 5.41) is 11.4. The Morgan fingerprint density at radius 3 is 2.34 bits per heavy atom. The molecule has 3 aromatic rings. The molecule has 0 bridgehead atoms. The summed E-state index contributed by atoms with van der Waals surface area (Å²) in [6.45, 7) is 13.7. The molecule has 0 amide bonds. The third-order valence-electron chi connectivity index (χ3n) is 6.28. The molecular weight excluding hydrogens is 360 g/mol. The number of aryl methyl sites for hydroxylation is 2. The van der Waals surface area contributed by atoms with E-state index in [1.807, 2.05) is 12.1 Å². The summed E-state index contributed by atoms with van der Waals surface area (Å²) < 4.78 is 6.18. The number of aromatic carboxylic acids is 1. The van der Waals surface area contributed by atoms with Crippen molar-refractivity contribution in [3.8, 4) is 11.1 Å². The van der Waals surface area contributed by atoms with Crippen molar-refractivity contribution < 1.29 is 14.6 Å². The van der Waals surface area contributed by atoms with E-state index in [0.29, 0.717) is 12.2 Å². The number of carboxylic acid groups (broad SMARTS) is 1. The quantitative estimate of drug-likeness (QED) is 0.555. The fourth-order valence-corrected chi connectivity index (χ4v) is 4.48. The molecule has 0 radical (unpaired) electrons. The molecule has 1 heterocycles. The highest BCUT2D eigenvalue weighted by Crippen LogP contribution is 2.45. The van der Waals surface area contributed by atoms with Gasteiger partial charge in [0.15, 0.2) is 0 Å². The fraction of sp³-hybridized carbons (Fsp3) is 0.346. The highest BCUT2D eigenvalue weighted by molar-refractivity contribution is 6.02. The largest absolute Gasteiger partial charge is 0.478 e. The Morgan fingerprint density at radius 2 is 1.66 bits per heavy atom. The number of rotatable bonds is 2. The molecule has 0 saturated carbocycles. The van der Waals surface area contributed by atoms with Crippen LogP contribution in [0.15, 0.2) is 42.5 Å². The van der Waals surface area contributed by atoms with E-state index in [1.54, 1.807) is 12.1 Å². The first-order valence-electron chi connectivity index (χ1n) is 10.1. The molecule has 0 atom stereocenters. The lowest BCUT2D eigenvalue weighted by molar-refractivity contribution is -0.0587. The molecule has 0 aliphatic carbocycles. The summed E-state index contributed by atoms with van der Waals surface area (Å²) in [5.74, 6) is -0.900. The van der Waals surface area contributed by atoms with Gasteiger partial charge in [-0.1, -0.05) is 38.1 Å². The van der Waals surface area contributed by atoms with Crippen LogP contribution >= 0.6 is 0 Å². The molecule has 0 spiro atoms. The van der Waals surface area contributed by atoms with Crippen molar-refractivity contribution >= 4 is 16.7 Å². The minimum Gasteiger partial charge on any atom is -0.478 e. The van der Waals surface area contributed by atoms with Gasteiger partial charge < -0.3 is 9.84 Å². The van der Waals surface area contributed by atoms with Crippen LogP contribution in [0.2, 0.25) is 0 Å². The minimum absolute atomic E-state index is 0.0672. The van der Waals surface area contributed by atoms with Gasteiger partial charge in [-0.05, 0) is 90.0 Å². The van der Waals surface area contributed by atoms with Gasteiger partial charge in [0.2, 0.25) is 0 Å². The molecular formula is C26H28O3. The maximum atomic E-state index is 11.4. The van der Waals surface area contributed by atoms with Crippen molar-refractivity contribution in [2.45, 2.75) is 52.6 Å². The summed E-state index contributed by atoms with van der Waals surface area (Å²) >= 11 is 0. The predicted molar refractivity (Wildman–Crippen MR) is 118 cm³/mol. The molecule has 4 rings (SSSR count). The maximum absolute atomic E-state index is 11.4. The predicted octanol–water partition coefficient (Wildman–Crippen LogP) is 6.36. The zero-order valence-corrected chi connectivity index (χ0v) is 18.0. The normalized spacial score (nSPS) is 17.2. The molecule has 1 aliphatic heterocycles. The highest BCUT2D eigenvalue weighted by Gasteiger charge is 2.38. The minimum atomic E-state index is -0.900. The fourth-order valence-electron chi connectivity index (χ4n) is 4.48. The molecule has 1 aliphatic rings. The van der Waals surface area contributed by atoms with Crippen molar-refractivity contribution in [2.24, 2.45) is 0 Å². The summed E-state index contributed by atoms with van der Waals surface area (Å²) in [6, 6.07) is 14.1. The molecule has 1 N–H and O–H groups in total. The van der Waals surface area contributed by atoms with E-state index in [9.17, 15) is 9.90 Å². The Bertz CT molecular complexity index is 1150. The monoisotopic (exact) mass is 388 g/mol. The smallest absolute Gasteiger partial charge is 0.335 e. The van der Waals surface area contributed by atoms with Crippen LogP contribution in [-0.4, -0.2) is 17.7 Å². The van der Waals surface area contributed by atoms with Gasteiger partial charge in [0.25, 0.3) is 0 Å². The average molecular weight is 389 g/mol. The molecule has 0 aromatic heterocycles. The van der Waals surface area contributed by atoms with Crippen LogP contribution in [0.1, 0.15) is 60.3 Å². The maximum Gasteiger partial charge on any atom is 0.335 e. The highest BCUT2D eigenvalue weighted by atomic mass is 16.5. The second kappa shape index (κ2) is 6.43. The van der Waals surface area contributed by atoms with E-state index in [4.69, 9.17) is 4.74 Å². The van der Waals surface area contributed by atoms with Gasteiger partial charge in [0, 0.05) is 5.41 Å². The van der Waals surface area contributed by atoms with Crippen LogP contribution < -0.4 is 0 Å². The molecule has 0 fully saturated rings. The lowest BCUT2D eigenvalue weighted by Gasteiger charge is -2.42. The van der Waals surface area contributed by atoms with E-state index in [-0.39, 0.29) is 11.0 Å². The summed E-state index contributed by atoms with van der Waals surface area (Å²) in [5.41, 5.74) is 7.30. The van der Waals surface area contributed by atoms with E-state index >= 15 is 0 Å². The van der Waals surface area contributed by atoms with E-state index in [0.717, 1.165) is 10.8 Å². The standard InChI is InChI=1S/C26H28O3/c1-15-7-8-17-12-18(24(27)28)9-10-19(17)23(15)20-13-21-22(11-16(20)2)26(5,6)29-14-25(21,3)4/h7-13H,14H2,1-6H3,(H,27,28). The third-order valence-corrected chi connectivity index (χ3v) is 6.28. The Balaban J connectivity index is 2.02. The van der Waals surface area contributed by atoms with Crippen LogP contribution in [0.5, 0.6) is 0 Å². The Kier molecular flexibility index (Phi) is 4.36. The molecule has 0 unspecified atom stereocenters. The van der Waals surface area contributed by atoms with Gasteiger partial charge in [0.1, 0.15) is 0 Å². The number of benzene rings is 3. The van der Waals surface area contributed by atoms with E-state index in [1.165, 1.54) is 33.4 Å². The van der Waals surface area contributed by atoms with Crippen LogP contribution in [0, 0.1) is 13.8 Å². The molecule has 29 heavy (non-hydrogen) atoms. The second-order valence-electron chi connectivity index (χ2n) is 9.39. The average Bonchev–Trinajstić information content (AvgIpc) is 2.65. The van der Waals surface area contributed by atoms with Crippen molar-refractivity contribution in [3.05, 3.63) is 70.3 Å². The number of hydrogen-bond acceptors (Lipinski definition) is 2. The van der Waals surface area contributed by atoms with Crippen LogP contribution in [0.3, 0.4) is 0 Å². The van der Waals surface area contributed by atoms with Crippen molar-refractivity contribution in [3.63, 3.8) is 0 Å². The first-order valence-corrected chi connectivity index (χ1v) is 10.1. The van der Waals surface area contributed by atoms with Gasteiger partial charge in [-0.15, -0.1) is 0 Å². The van der Waals surface area contributed by atoms with Gasteiger partial charge in [-0.2, -0.15) is 0 Å². The SMILES string of the molecule is Cc1cc2c(cc1-c1c(C)ccc3cc(C(=O)O)ccc13)C(C)(C)COC2(C)C. The summed E-state index contributed by atoms with van der Waals surface area (Å²) in [6.07, 6.45) is 0. The lowest BCUT2D eigenvalue weighted by atomic mass is 9.73. The third kappa shape index (κ3) is 3.14. The Morgan fingerprint density at radius 1 is 0.931 bits per heavy atom. The summed E-state index contributed by atoms with van der Waals surface area (Å²) in [7, 11) is 0. The second-order valence-corrected chi connectivity index (χ2v) is 9.39. The van der Waals surface area contributed by atoms with Crippen molar-refractivity contribution in [2.75, 3.05) is 6.61 Å². The topological polar surface area (TPSA) is 46.5 Å². The van der Waals surface area contributed by atoms with Crippen LogP contribution in [0.4, 0.5) is 0 Å². The first kappa shape index (κ1) is 19.7. The van der Waals surface area contributed by atoms with Crippen LogP contribution in [0.25, 0.3) is 21.9 Å². The number of hydrogen-bond donors (Lipinski definition) is 1. The number of carboxylic acids is 1. The number of carbonyl (C=O) groups is 1. The summed E-state index contributed by atoms with van der Waals surface area (Å²) in [4.78, 5) is 11.4. The molecule has 3 aromatic carbocycles. The Labute approximate surface area is 172 Å². The van der Waals surface area contributed by atoms with Crippen molar-refractivity contribution in [1.82, 2.24) is 0 Å². The lowest BCUT2D eigenvalue weighted by Crippen LogP contribution is -2.40. The molecule has 3 nitrogen and oxygen atoms in total. The zero-order valence-electron chi connectivity index (χ0n) is 18.0. The van der Waals surface area contributed by atoms with Gasteiger partial charge in [-0.3, -0.25) is 0 Å². The Hall–Kier alpha value is -2.65. The first-order chi connectivity index (χ1) is 13.5. The number of ether oxygens (including phenoxy) is 1. The van der Waals surface area contributed by atoms with Gasteiger partial charge in [0.05, 0.1) is 17.8 Å². The van der Waals surface area contributed by atoms with Crippen molar-refractivity contribution in [1.29, 1.82) is 0 Å². The van der Waals surface area contributed by atoms with E-state index < -0.39 is 5.97 Å². The van der Waals surface area contributed by atoms with Gasteiger partial charge in [-0.25, -0.2) is 4.79 Å². The van der Waals surface area contributed by atoms with Crippen LogP contribution in [-0.2, 0) is 15.8 Å². The molecule has 3 heteroatoms. The number of fused-ring (bicyclic) bond motifs is 2. The van der Waals surface area contributed by atoms with Gasteiger partial charge >= 0.3 is 5.97 Å². The van der Waals surface area contributed by atoms with E-state index in [2.05, 4.69) is 59.7 Å². The molecule has 0 saturated heterocycles.